The second kappa shape index (κ2) is 11.3. The summed E-state index contributed by atoms with van der Waals surface area (Å²) in [7, 11) is 0. The standard InChI is InChI=1S/C25H38O6/c1-8-9-10-11-21(15(2)3)25(16(4)5,17(6)7)31-24(30)20-14-18(22(26)27)12-13-19(20)23(28)29/h12-17,21H,8-11H2,1-7H3,(H,26,27)(H,28,29). The van der Waals surface area contributed by atoms with Crippen molar-refractivity contribution in [3.05, 3.63) is 34.9 Å². The van der Waals surface area contributed by atoms with Crippen molar-refractivity contribution in [2.24, 2.45) is 23.7 Å². The number of carbonyl (C=O) groups is 3. The Bertz CT molecular complexity index is 770. The van der Waals surface area contributed by atoms with Crippen molar-refractivity contribution in [2.75, 3.05) is 0 Å². The van der Waals surface area contributed by atoms with E-state index in [1.54, 1.807) is 0 Å². The molecule has 1 aromatic carbocycles. The van der Waals surface area contributed by atoms with Gasteiger partial charge in [-0.1, -0.05) is 67.7 Å². The summed E-state index contributed by atoms with van der Waals surface area (Å²) >= 11 is 0. The molecule has 1 atom stereocenters. The van der Waals surface area contributed by atoms with Crippen LogP contribution in [0.2, 0.25) is 0 Å². The van der Waals surface area contributed by atoms with Crippen molar-refractivity contribution in [1.82, 2.24) is 0 Å². The number of aromatic carboxylic acids is 2. The summed E-state index contributed by atoms with van der Waals surface area (Å²) in [6.45, 7) is 14.5. The summed E-state index contributed by atoms with van der Waals surface area (Å²) in [5.41, 5.74) is -1.45. The number of ether oxygens (including phenoxy) is 1. The third kappa shape index (κ3) is 6.08. The molecule has 0 aliphatic rings. The van der Waals surface area contributed by atoms with Gasteiger partial charge in [0, 0.05) is 5.92 Å². The van der Waals surface area contributed by atoms with E-state index in [1.165, 1.54) is 6.07 Å². The number of carboxylic acids is 2. The van der Waals surface area contributed by atoms with Crippen LogP contribution in [-0.4, -0.2) is 33.7 Å². The number of hydrogen-bond acceptors (Lipinski definition) is 4. The number of rotatable bonds is 12. The zero-order chi connectivity index (χ0) is 23.9. The van der Waals surface area contributed by atoms with E-state index >= 15 is 0 Å². The molecule has 0 saturated carbocycles. The van der Waals surface area contributed by atoms with Crippen LogP contribution in [0.15, 0.2) is 18.2 Å². The quantitative estimate of drug-likeness (QED) is 0.302. The number of hydrogen-bond donors (Lipinski definition) is 2. The Labute approximate surface area is 186 Å². The van der Waals surface area contributed by atoms with Crippen molar-refractivity contribution in [1.29, 1.82) is 0 Å². The Morgan fingerprint density at radius 2 is 1.48 bits per heavy atom. The molecule has 174 valence electrons. The molecule has 1 rings (SSSR count). The van der Waals surface area contributed by atoms with Crippen LogP contribution in [-0.2, 0) is 4.74 Å². The minimum Gasteiger partial charge on any atom is -0.478 e. The number of unbranched alkanes of at least 4 members (excludes halogenated alkanes) is 2. The van der Waals surface area contributed by atoms with E-state index in [2.05, 4.69) is 20.8 Å². The summed E-state index contributed by atoms with van der Waals surface area (Å²) in [5, 5.41) is 18.9. The highest BCUT2D eigenvalue weighted by Gasteiger charge is 2.49. The number of carboxylic acid groups (broad SMARTS) is 2. The van der Waals surface area contributed by atoms with E-state index < -0.39 is 23.5 Å². The molecule has 6 nitrogen and oxygen atoms in total. The normalized spacial score (nSPS) is 13.0. The third-order valence-electron chi connectivity index (χ3n) is 6.29. The van der Waals surface area contributed by atoms with Crippen molar-refractivity contribution in [2.45, 2.75) is 79.8 Å². The van der Waals surface area contributed by atoms with Gasteiger partial charge in [0.05, 0.1) is 16.7 Å². The van der Waals surface area contributed by atoms with Gasteiger partial charge in [-0.25, -0.2) is 14.4 Å². The summed E-state index contributed by atoms with van der Waals surface area (Å²) in [6.07, 6.45) is 4.10. The molecule has 1 aromatic rings. The highest BCUT2D eigenvalue weighted by atomic mass is 16.6. The highest BCUT2D eigenvalue weighted by molar-refractivity contribution is 6.04. The maximum Gasteiger partial charge on any atom is 0.339 e. The molecule has 0 aliphatic heterocycles. The summed E-state index contributed by atoms with van der Waals surface area (Å²) in [6, 6.07) is 3.43. The lowest BCUT2D eigenvalue weighted by atomic mass is 9.65. The number of benzene rings is 1. The molecule has 0 radical (unpaired) electrons. The molecule has 0 amide bonds. The van der Waals surface area contributed by atoms with Crippen LogP contribution in [0, 0.1) is 23.7 Å². The molecule has 0 aliphatic carbocycles. The number of esters is 1. The fourth-order valence-electron chi connectivity index (χ4n) is 4.78. The van der Waals surface area contributed by atoms with Gasteiger partial charge < -0.3 is 14.9 Å². The van der Waals surface area contributed by atoms with Gasteiger partial charge in [-0.2, -0.15) is 0 Å². The molecular formula is C25H38O6. The van der Waals surface area contributed by atoms with Gasteiger partial charge >= 0.3 is 17.9 Å². The topological polar surface area (TPSA) is 101 Å². The molecule has 0 saturated heterocycles. The zero-order valence-electron chi connectivity index (χ0n) is 19.9. The van der Waals surface area contributed by atoms with Gasteiger partial charge in [0.1, 0.15) is 5.60 Å². The van der Waals surface area contributed by atoms with E-state index in [1.807, 2.05) is 27.7 Å². The predicted molar refractivity (Wildman–Crippen MR) is 121 cm³/mol. The first-order chi connectivity index (χ1) is 14.4. The zero-order valence-corrected chi connectivity index (χ0v) is 19.9. The minimum absolute atomic E-state index is 0.0126. The van der Waals surface area contributed by atoms with Crippen LogP contribution in [0.3, 0.4) is 0 Å². The second-order valence-corrected chi connectivity index (χ2v) is 9.27. The first-order valence-electron chi connectivity index (χ1n) is 11.2. The molecule has 6 heteroatoms. The lowest BCUT2D eigenvalue weighted by Gasteiger charge is -2.48. The molecule has 1 unspecified atom stereocenters. The SMILES string of the molecule is CCCCCC(C(C)C)C(OC(=O)c1cc(C(=O)O)ccc1C(=O)O)(C(C)C)C(C)C. The molecule has 0 heterocycles. The lowest BCUT2D eigenvalue weighted by molar-refractivity contribution is -0.124. The van der Waals surface area contributed by atoms with Crippen LogP contribution in [0.4, 0.5) is 0 Å². The van der Waals surface area contributed by atoms with Gasteiger partial charge in [-0.05, 0) is 42.4 Å². The Hall–Kier alpha value is -2.37. The van der Waals surface area contributed by atoms with Crippen LogP contribution in [0.1, 0.15) is 105 Å². The first-order valence-corrected chi connectivity index (χ1v) is 11.2. The summed E-state index contributed by atoms with van der Waals surface area (Å²) in [5.74, 6) is -3.01. The first kappa shape index (κ1) is 26.7. The van der Waals surface area contributed by atoms with Gasteiger partial charge in [0.25, 0.3) is 0 Å². The fraction of sp³-hybridized carbons (Fsp3) is 0.640. The van der Waals surface area contributed by atoms with Gasteiger partial charge in [-0.15, -0.1) is 0 Å². The van der Waals surface area contributed by atoms with Crippen molar-refractivity contribution < 1.29 is 29.3 Å². The smallest absolute Gasteiger partial charge is 0.339 e. The monoisotopic (exact) mass is 434 g/mol. The third-order valence-corrected chi connectivity index (χ3v) is 6.29. The minimum atomic E-state index is -1.30. The van der Waals surface area contributed by atoms with E-state index in [0.29, 0.717) is 0 Å². The largest absolute Gasteiger partial charge is 0.478 e. The van der Waals surface area contributed by atoms with Gasteiger partial charge in [0.2, 0.25) is 0 Å². The second-order valence-electron chi connectivity index (χ2n) is 9.27. The molecule has 0 spiro atoms. The van der Waals surface area contributed by atoms with Crippen molar-refractivity contribution >= 4 is 17.9 Å². The highest BCUT2D eigenvalue weighted by Crippen LogP contribution is 2.44. The Morgan fingerprint density at radius 1 is 0.903 bits per heavy atom. The maximum atomic E-state index is 13.3. The summed E-state index contributed by atoms with van der Waals surface area (Å²) in [4.78, 5) is 36.5. The average Bonchev–Trinajstić information content (AvgIpc) is 2.68. The Morgan fingerprint density at radius 3 is 1.90 bits per heavy atom. The molecule has 0 fully saturated rings. The van der Waals surface area contributed by atoms with Crippen LogP contribution < -0.4 is 0 Å². The molecular weight excluding hydrogens is 396 g/mol. The van der Waals surface area contributed by atoms with Crippen LogP contribution in [0.5, 0.6) is 0 Å². The van der Waals surface area contributed by atoms with Crippen LogP contribution >= 0.6 is 0 Å². The lowest BCUT2D eigenvalue weighted by Crippen LogP contribution is -2.53. The van der Waals surface area contributed by atoms with Crippen molar-refractivity contribution in [3.63, 3.8) is 0 Å². The Kier molecular flexibility index (Phi) is 9.72. The fourth-order valence-corrected chi connectivity index (χ4v) is 4.78. The molecule has 31 heavy (non-hydrogen) atoms. The maximum absolute atomic E-state index is 13.3. The van der Waals surface area contributed by atoms with Crippen molar-refractivity contribution in [3.8, 4) is 0 Å². The van der Waals surface area contributed by atoms with E-state index in [9.17, 15) is 24.6 Å². The summed E-state index contributed by atoms with van der Waals surface area (Å²) < 4.78 is 6.23. The molecule has 0 bridgehead atoms. The van der Waals surface area contributed by atoms with E-state index in [0.717, 1.165) is 37.8 Å². The van der Waals surface area contributed by atoms with Crippen LogP contribution in [0.25, 0.3) is 0 Å². The molecule has 0 aromatic heterocycles. The molecule has 2 N–H and O–H groups in total. The predicted octanol–water partition coefficient (Wildman–Crippen LogP) is 6.14. The Balaban J connectivity index is 3.54. The average molecular weight is 435 g/mol. The van der Waals surface area contributed by atoms with Gasteiger partial charge in [-0.3, -0.25) is 0 Å². The van der Waals surface area contributed by atoms with E-state index in [-0.39, 0.29) is 40.4 Å². The number of carbonyl (C=O) groups excluding carboxylic acids is 1. The van der Waals surface area contributed by atoms with Gasteiger partial charge in [0.15, 0.2) is 0 Å². The van der Waals surface area contributed by atoms with E-state index in [4.69, 9.17) is 4.74 Å².